The molecule has 1 aromatic carbocycles. The molecule has 1 aliphatic heterocycles. The SMILES string of the molecule is Cc1ncc(-c2nc3cc([C@]4(O)CCOC4)ccc3o2)c2cc(NC(=O)[C@@H]3CC34CC4)ncc12. The van der Waals surface area contributed by atoms with Gasteiger partial charge in [0.05, 0.1) is 12.2 Å². The number of rotatable bonds is 4. The summed E-state index contributed by atoms with van der Waals surface area (Å²) in [4.78, 5) is 26.3. The van der Waals surface area contributed by atoms with E-state index in [4.69, 9.17) is 14.1 Å². The molecule has 8 heteroatoms. The van der Waals surface area contributed by atoms with E-state index in [9.17, 15) is 9.90 Å². The van der Waals surface area contributed by atoms with E-state index in [2.05, 4.69) is 15.3 Å². The van der Waals surface area contributed by atoms with Gasteiger partial charge < -0.3 is 19.6 Å². The van der Waals surface area contributed by atoms with E-state index in [1.807, 2.05) is 31.2 Å². The van der Waals surface area contributed by atoms with Gasteiger partial charge in [0.2, 0.25) is 11.8 Å². The molecule has 4 heterocycles. The smallest absolute Gasteiger partial charge is 0.229 e. The fraction of sp³-hybridized carbons (Fsp3) is 0.385. The fourth-order valence-electron chi connectivity index (χ4n) is 5.26. The van der Waals surface area contributed by atoms with Crippen molar-refractivity contribution in [3.63, 3.8) is 0 Å². The highest BCUT2D eigenvalue weighted by Gasteiger charge is 2.65. The molecule has 2 N–H and O–H groups in total. The highest BCUT2D eigenvalue weighted by molar-refractivity contribution is 6.00. The summed E-state index contributed by atoms with van der Waals surface area (Å²) in [6, 6.07) is 7.42. The van der Waals surface area contributed by atoms with Crippen molar-refractivity contribution in [2.24, 2.45) is 11.3 Å². The Bertz CT molecular complexity index is 1480. The fourth-order valence-corrected chi connectivity index (χ4v) is 5.26. The summed E-state index contributed by atoms with van der Waals surface area (Å²) in [7, 11) is 0. The minimum Gasteiger partial charge on any atom is -0.436 e. The molecule has 3 aromatic heterocycles. The summed E-state index contributed by atoms with van der Waals surface area (Å²) < 4.78 is 11.5. The number of carbonyl (C=O) groups is 1. The third-order valence-corrected chi connectivity index (χ3v) is 7.78. The number of aromatic nitrogens is 3. The molecule has 3 aliphatic rings. The van der Waals surface area contributed by atoms with Gasteiger partial charge in [-0.05, 0) is 55.4 Å². The van der Waals surface area contributed by atoms with Crippen LogP contribution in [-0.4, -0.2) is 39.2 Å². The third kappa shape index (κ3) is 3.05. The molecule has 2 saturated carbocycles. The maximum atomic E-state index is 12.6. The molecule has 34 heavy (non-hydrogen) atoms. The van der Waals surface area contributed by atoms with Crippen molar-refractivity contribution in [3.8, 4) is 11.5 Å². The largest absolute Gasteiger partial charge is 0.436 e. The highest BCUT2D eigenvalue weighted by Crippen LogP contribution is 2.70. The van der Waals surface area contributed by atoms with Gasteiger partial charge in [0.15, 0.2) is 5.58 Å². The van der Waals surface area contributed by atoms with E-state index in [0.717, 1.165) is 46.9 Å². The Hall–Kier alpha value is -3.36. The normalized spacial score (nSPS) is 24.7. The number of nitrogens with zero attached hydrogens (tertiary/aromatic N) is 3. The van der Waals surface area contributed by atoms with Crippen LogP contribution in [0.1, 0.15) is 36.9 Å². The maximum absolute atomic E-state index is 12.6. The van der Waals surface area contributed by atoms with Crippen LogP contribution in [0.25, 0.3) is 33.3 Å². The molecule has 1 amide bonds. The minimum atomic E-state index is -0.995. The first-order chi connectivity index (χ1) is 16.4. The molecule has 0 radical (unpaired) electrons. The Morgan fingerprint density at radius 2 is 2.03 bits per heavy atom. The van der Waals surface area contributed by atoms with Gasteiger partial charge in [0.25, 0.3) is 0 Å². The summed E-state index contributed by atoms with van der Waals surface area (Å²) >= 11 is 0. The minimum absolute atomic E-state index is 0.0555. The van der Waals surface area contributed by atoms with Gasteiger partial charge >= 0.3 is 0 Å². The lowest BCUT2D eigenvalue weighted by atomic mass is 9.93. The second-order valence-corrected chi connectivity index (χ2v) is 10.0. The van der Waals surface area contributed by atoms with E-state index >= 15 is 0 Å². The molecule has 1 spiro atoms. The number of anilines is 1. The average Bonchev–Trinajstić information content (AvgIpc) is 3.65. The van der Waals surface area contributed by atoms with Crippen LogP contribution in [0, 0.1) is 18.3 Å². The molecule has 1 saturated heterocycles. The number of pyridine rings is 2. The monoisotopic (exact) mass is 456 g/mol. The van der Waals surface area contributed by atoms with E-state index < -0.39 is 5.60 Å². The predicted molar refractivity (Wildman–Crippen MR) is 125 cm³/mol. The molecule has 3 fully saturated rings. The van der Waals surface area contributed by atoms with Crippen molar-refractivity contribution in [2.45, 2.75) is 38.2 Å². The second kappa shape index (κ2) is 6.84. The molecule has 8 nitrogen and oxygen atoms in total. The van der Waals surface area contributed by atoms with Crippen LogP contribution in [-0.2, 0) is 15.1 Å². The van der Waals surface area contributed by atoms with Gasteiger partial charge in [-0.25, -0.2) is 9.97 Å². The van der Waals surface area contributed by atoms with Crippen LogP contribution in [0.4, 0.5) is 5.82 Å². The van der Waals surface area contributed by atoms with Crippen LogP contribution >= 0.6 is 0 Å². The lowest BCUT2D eigenvalue weighted by Gasteiger charge is -2.20. The summed E-state index contributed by atoms with van der Waals surface area (Å²) in [6.07, 6.45) is 7.36. The van der Waals surface area contributed by atoms with E-state index in [-0.39, 0.29) is 18.4 Å². The molecule has 2 aliphatic carbocycles. The number of fused-ring (bicyclic) bond motifs is 2. The second-order valence-electron chi connectivity index (χ2n) is 10.0. The zero-order valence-electron chi connectivity index (χ0n) is 18.8. The van der Waals surface area contributed by atoms with Gasteiger partial charge in [0, 0.05) is 47.8 Å². The maximum Gasteiger partial charge on any atom is 0.229 e. The number of hydrogen-bond donors (Lipinski definition) is 2. The van der Waals surface area contributed by atoms with Crippen molar-refractivity contribution >= 4 is 33.6 Å². The lowest BCUT2D eigenvalue weighted by molar-refractivity contribution is -0.117. The number of ether oxygens (including phenoxy) is 1. The van der Waals surface area contributed by atoms with Crippen molar-refractivity contribution in [1.29, 1.82) is 0 Å². The Morgan fingerprint density at radius 3 is 2.79 bits per heavy atom. The third-order valence-electron chi connectivity index (χ3n) is 7.78. The number of oxazole rings is 1. The van der Waals surface area contributed by atoms with Crippen LogP contribution in [0.15, 0.2) is 41.1 Å². The molecular weight excluding hydrogens is 432 g/mol. The number of carbonyl (C=O) groups excluding carboxylic acids is 1. The zero-order chi connectivity index (χ0) is 23.1. The van der Waals surface area contributed by atoms with Gasteiger partial charge in [-0.3, -0.25) is 9.78 Å². The molecule has 2 atom stereocenters. The van der Waals surface area contributed by atoms with E-state index in [0.29, 0.717) is 41.3 Å². The topological polar surface area (TPSA) is 110 Å². The number of benzene rings is 1. The first kappa shape index (κ1) is 20.1. The Labute approximate surface area is 195 Å². The zero-order valence-corrected chi connectivity index (χ0v) is 18.8. The van der Waals surface area contributed by atoms with Crippen molar-refractivity contribution in [3.05, 3.63) is 47.9 Å². The number of aliphatic hydroxyl groups is 1. The Balaban J connectivity index is 1.27. The first-order valence-electron chi connectivity index (χ1n) is 11.7. The molecule has 0 unspecified atom stereocenters. The molecule has 7 rings (SSSR count). The van der Waals surface area contributed by atoms with Gasteiger partial charge in [-0.2, -0.15) is 0 Å². The van der Waals surface area contributed by atoms with Gasteiger partial charge in [0.1, 0.15) is 16.9 Å². The van der Waals surface area contributed by atoms with Crippen LogP contribution < -0.4 is 5.32 Å². The molecular formula is C26H24N4O4. The average molecular weight is 457 g/mol. The van der Waals surface area contributed by atoms with Gasteiger partial charge in [-0.15, -0.1) is 0 Å². The van der Waals surface area contributed by atoms with E-state index in [1.165, 1.54) is 0 Å². The highest BCUT2D eigenvalue weighted by atomic mass is 16.5. The van der Waals surface area contributed by atoms with Crippen LogP contribution in [0.3, 0.4) is 0 Å². The quantitative estimate of drug-likeness (QED) is 0.476. The summed E-state index contributed by atoms with van der Waals surface area (Å²) in [6.45, 7) is 2.74. The van der Waals surface area contributed by atoms with E-state index in [1.54, 1.807) is 12.4 Å². The van der Waals surface area contributed by atoms with Crippen molar-refractivity contribution < 1.29 is 19.1 Å². The number of hydrogen-bond acceptors (Lipinski definition) is 7. The Kier molecular flexibility index (Phi) is 4.03. The molecule has 4 aromatic rings. The summed E-state index contributed by atoms with van der Waals surface area (Å²) in [5.41, 5.74) is 2.92. The van der Waals surface area contributed by atoms with Crippen molar-refractivity contribution in [2.75, 3.05) is 18.5 Å². The van der Waals surface area contributed by atoms with Gasteiger partial charge in [-0.1, -0.05) is 6.07 Å². The molecule has 0 bridgehead atoms. The van der Waals surface area contributed by atoms with Crippen LogP contribution in [0.5, 0.6) is 0 Å². The Morgan fingerprint density at radius 1 is 1.15 bits per heavy atom. The number of amides is 1. The number of nitrogens with one attached hydrogen (secondary N) is 1. The standard InChI is InChI=1S/C26H24N4O4/c1-14-17-11-28-22(30-23(31)19-10-25(19)4-5-25)9-16(17)18(12-27-14)24-29-20-8-15(2-3-21(20)34-24)26(32)6-7-33-13-26/h2-3,8-9,11-12,19,32H,4-7,10,13H2,1H3,(H,28,30,31)/t19-,26-/m0/s1. The lowest BCUT2D eigenvalue weighted by Crippen LogP contribution is -2.25. The van der Waals surface area contributed by atoms with Crippen LogP contribution in [0.2, 0.25) is 0 Å². The van der Waals surface area contributed by atoms with Crippen molar-refractivity contribution in [1.82, 2.24) is 15.0 Å². The summed E-state index contributed by atoms with van der Waals surface area (Å²) in [5.74, 6) is 1.13. The first-order valence-corrected chi connectivity index (χ1v) is 11.7. The predicted octanol–water partition coefficient (Wildman–Crippen LogP) is 4.09. The summed E-state index contributed by atoms with van der Waals surface area (Å²) in [5, 5.41) is 15.6. The number of aryl methyl sites for hydroxylation is 1. The molecule has 172 valence electrons.